The van der Waals surface area contributed by atoms with Gasteiger partial charge in [0, 0.05) is 11.6 Å². The van der Waals surface area contributed by atoms with E-state index in [1.54, 1.807) is 6.20 Å². The predicted molar refractivity (Wildman–Crippen MR) is 82.5 cm³/mol. The van der Waals surface area contributed by atoms with Crippen molar-refractivity contribution in [1.29, 1.82) is 0 Å². The fraction of sp³-hybridized carbons (Fsp3) is 0.444. The van der Waals surface area contributed by atoms with Gasteiger partial charge in [-0.1, -0.05) is 12.1 Å². The molecule has 2 aromatic rings. The number of para-hydroxylation sites is 1. The van der Waals surface area contributed by atoms with Crippen molar-refractivity contribution in [3.63, 3.8) is 0 Å². The van der Waals surface area contributed by atoms with E-state index in [0.717, 1.165) is 29.0 Å². The standard InChI is InChI=1S/C18H19NO3/c20-18(15-11-14(15)12-5-6-12)22-10-9-21-17-7-8-19-16-4-2-1-3-13(16)17/h1-4,7-8,12,14-15H,5-6,9-11H2/t14-,15+/m0/s1. The summed E-state index contributed by atoms with van der Waals surface area (Å²) in [6, 6.07) is 9.68. The number of ether oxygens (including phenoxy) is 2. The van der Waals surface area contributed by atoms with Gasteiger partial charge in [0.2, 0.25) is 0 Å². The summed E-state index contributed by atoms with van der Waals surface area (Å²) < 4.78 is 11.1. The van der Waals surface area contributed by atoms with Crippen molar-refractivity contribution in [1.82, 2.24) is 4.98 Å². The maximum atomic E-state index is 11.9. The van der Waals surface area contributed by atoms with E-state index in [9.17, 15) is 4.79 Å². The lowest BCUT2D eigenvalue weighted by molar-refractivity contribution is -0.146. The van der Waals surface area contributed by atoms with E-state index in [1.807, 2.05) is 30.3 Å². The zero-order valence-corrected chi connectivity index (χ0v) is 12.4. The van der Waals surface area contributed by atoms with Gasteiger partial charge in [-0.05, 0) is 49.3 Å². The quantitative estimate of drug-likeness (QED) is 0.607. The van der Waals surface area contributed by atoms with Gasteiger partial charge in [-0.3, -0.25) is 9.78 Å². The van der Waals surface area contributed by atoms with Gasteiger partial charge < -0.3 is 9.47 Å². The second-order valence-corrected chi connectivity index (χ2v) is 6.19. The smallest absolute Gasteiger partial charge is 0.309 e. The molecule has 2 saturated carbocycles. The SMILES string of the molecule is O=C(OCCOc1ccnc2ccccc12)[C@@H]1C[C@H]1C1CC1. The minimum Gasteiger partial charge on any atom is -0.489 e. The van der Waals surface area contributed by atoms with Crippen LogP contribution in [-0.2, 0) is 9.53 Å². The second-order valence-electron chi connectivity index (χ2n) is 6.19. The molecule has 4 nitrogen and oxygen atoms in total. The number of rotatable bonds is 6. The first kappa shape index (κ1) is 13.6. The fourth-order valence-corrected chi connectivity index (χ4v) is 3.13. The Balaban J connectivity index is 1.27. The Hall–Kier alpha value is -2.10. The zero-order valence-electron chi connectivity index (χ0n) is 12.4. The van der Waals surface area contributed by atoms with Gasteiger partial charge >= 0.3 is 5.97 Å². The summed E-state index contributed by atoms with van der Waals surface area (Å²) in [6.07, 6.45) is 5.35. The number of aromatic nitrogens is 1. The van der Waals surface area contributed by atoms with Crippen LogP contribution in [0.1, 0.15) is 19.3 Å². The van der Waals surface area contributed by atoms with E-state index in [4.69, 9.17) is 9.47 Å². The van der Waals surface area contributed by atoms with E-state index >= 15 is 0 Å². The van der Waals surface area contributed by atoms with Gasteiger partial charge in [0.25, 0.3) is 0 Å². The summed E-state index contributed by atoms with van der Waals surface area (Å²) in [5.74, 6) is 2.31. The van der Waals surface area contributed by atoms with Crippen LogP contribution in [0.25, 0.3) is 10.9 Å². The highest BCUT2D eigenvalue weighted by atomic mass is 16.6. The summed E-state index contributed by atoms with van der Waals surface area (Å²) in [6.45, 7) is 0.684. The average molecular weight is 297 g/mol. The first-order valence-corrected chi connectivity index (χ1v) is 7.96. The molecule has 0 amide bonds. The molecule has 0 spiro atoms. The molecule has 4 rings (SSSR count). The summed E-state index contributed by atoms with van der Waals surface area (Å²) in [5, 5.41) is 0.979. The van der Waals surface area contributed by atoms with E-state index in [1.165, 1.54) is 12.8 Å². The molecule has 22 heavy (non-hydrogen) atoms. The number of hydrogen-bond donors (Lipinski definition) is 0. The topological polar surface area (TPSA) is 48.4 Å². The summed E-state index contributed by atoms with van der Waals surface area (Å²) in [7, 11) is 0. The Morgan fingerprint density at radius 1 is 1.18 bits per heavy atom. The first-order chi connectivity index (χ1) is 10.8. The van der Waals surface area contributed by atoms with Gasteiger partial charge in [0.15, 0.2) is 0 Å². The molecular weight excluding hydrogens is 278 g/mol. The van der Waals surface area contributed by atoms with Crippen molar-refractivity contribution in [2.24, 2.45) is 17.8 Å². The molecule has 1 aromatic heterocycles. The number of benzene rings is 1. The molecule has 2 atom stereocenters. The van der Waals surface area contributed by atoms with Crippen molar-refractivity contribution in [3.8, 4) is 5.75 Å². The van der Waals surface area contributed by atoms with E-state index in [2.05, 4.69) is 4.98 Å². The molecule has 2 aliphatic carbocycles. The normalized spacial score (nSPS) is 23.3. The third kappa shape index (κ3) is 2.78. The molecule has 0 unspecified atom stereocenters. The molecule has 1 heterocycles. The van der Waals surface area contributed by atoms with Crippen molar-refractivity contribution in [3.05, 3.63) is 36.5 Å². The largest absolute Gasteiger partial charge is 0.489 e. The molecular formula is C18H19NO3. The molecule has 0 N–H and O–H groups in total. The van der Waals surface area contributed by atoms with Crippen LogP contribution in [0.2, 0.25) is 0 Å². The van der Waals surface area contributed by atoms with Crippen molar-refractivity contribution in [2.45, 2.75) is 19.3 Å². The number of esters is 1. The van der Waals surface area contributed by atoms with Gasteiger partial charge in [-0.25, -0.2) is 0 Å². The van der Waals surface area contributed by atoms with Gasteiger partial charge in [0.05, 0.1) is 11.4 Å². The Labute approximate surface area is 129 Å². The van der Waals surface area contributed by atoms with Crippen LogP contribution in [0.4, 0.5) is 0 Å². The molecule has 1 aromatic carbocycles. The van der Waals surface area contributed by atoms with Crippen molar-refractivity contribution < 1.29 is 14.3 Å². The minimum absolute atomic E-state index is 0.0416. The van der Waals surface area contributed by atoms with Crippen LogP contribution >= 0.6 is 0 Å². The second kappa shape index (κ2) is 5.59. The Morgan fingerprint density at radius 3 is 2.91 bits per heavy atom. The lowest BCUT2D eigenvalue weighted by Crippen LogP contribution is -2.14. The third-order valence-corrected chi connectivity index (χ3v) is 4.56. The fourth-order valence-electron chi connectivity index (χ4n) is 3.13. The Bertz CT molecular complexity index is 690. The predicted octanol–water partition coefficient (Wildman–Crippen LogP) is 3.20. The molecule has 4 heteroatoms. The maximum absolute atomic E-state index is 11.9. The zero-order chi connectivity index (χ0) is 14.9. The van der Waals surface area contributed by atoms with Crippen LogP contribution < -0.4 is 4.74 Å². The summed E-state index contributed by atoms with van der Waals surface area (Å²) in [5.41, 5.74) is 0.905. The van der Waals surface area contributed by atoms with Gasteiger partial charge in [-0.15, -0.1) is 0 Å². The number of nitrogens with zero attached hydrogens (tertiary/aromatic N) is 1. The molecule has 2 fully saturated rings. The van der Waals surface area contributed by atoms with E-state index in [0.29, 0.717) is 19.1 Å². The number of carbonyl (C=O) groups excluding carboxylic acids is 1. The molecule has 0 aliphatic heterocycles. The highest BCUT2D eigenvalue weighted by Crippen LogP contribution is 2.54. The molecule has 114 valence electrons. The molecule has 0 radical (unpaired) electrons. The van der Waals surface area contributed by atoms with Gasteiger partial charge in [0.1, 0.15) is 19.0 Å². The third-order valence-electron chi connectivity index (χ3n) is 4.56. The first-order valence-electron chi connectivity index (χ1n) is 7.96. The highest BCUT2D eigenvalue weighted by Gasteiger charge is 2.51. The van der Waals surface area contributed by atoms with Crippen LogP contribution in [0.3, 0.4) is 0 Å². The summed E-state index contributed by atoms with van der Waals surface area (Å²) >= 11 is 0. The van der Waals surface area contributed by atoms with Crippen LogP contribution in [0.15, 0.2) is 36.5 Å². The van der Waals surface area contributed by atoms with Crippen LogP contribution in [0.5, 0.6) is 5.75 Å². The molecule has 2 aliphatic rings. The number of fused-ring (bicyclic) bond motifs is 1. The van der Waals surface area contributed by atoms with Crippen molar-refractivity contribution >= 4 is 16.9 Å². The Morgan fingerprint density at radius 2 is 2.05 bits per heavy atom. The minimum atomic E-state index is -0.0416. The summed E-state index contributed by atoms with van der Waals surface area (Å²) in [4.78, 5) is 16.2. The van der Waals surface area contributed by atoms with E-state index < -0.39 is 0 Å². The van der Waals surface area contributed by atoms with Gasteiger partial charge in [-0.2, -0.15) is 0 Å². The number of hydrogen-bond acceptors (Lipinski definition) is 4. The number of pyridine rings is 1. The monoisotopic (exact) mass is 297 g/mol. The number of carbonyl (C=O) groups is 1. The Kier molecular flexibility index (Phi) is 3.45. The molecule has 0 saturated heterocycles. The average Bonchev–Trinajstić information content (AvgIpc) is 3.42. The van der Waals surface area contributed by atoms with E-state index in [-0.39, 0.29) is 11.9 Å². The van der Waals surface area contributed by atoms with Crippen molar-refractivity contribution in [2.75, 3.05) is 13.2 Å². The molecule has 0 bridgehead atoms. The maximum Gasteiger partial charge on any atom is 0.309 e. The lowest BCUT2D eigenvalue weighted by atomic mass is 10.2. The highest BCUT2D eigenvalue weighted by molar-refractivity contribution is 5.84. The van der Waals surface area contributed by atoms with Crippen LogP contribution in [0, 0.1) is 17.8 Å². The van der Waals surface area contributed by atoms with Crippen LogP contribution in [-0.4, -0.2) is 24.2 Å². The lowest BCUT2D eigenvalue weighted by Gasteiger charge is -2.09.